The van der Waals surface area contributed by atoms with Gasteiger partial charge in [-0.2, -0.15) is 13.7 Å². The standard InChI is InChI=1S/C22H14BrClN2O4S/c23-20-13-15(12-16(14-25)22(27)26-18-4-2-1-3-5-18)6-11-21(20)30-31(28,29)19-9-7-17(24)8-10-19/h1-13H,(H,26,27)/b16-12+. The molecule has 31 heavy (non-hydrogen) atoms. The monoisotopic (exact) mass is 516 g/mol. The Morgan fingerprint density at radius 3 is 2.35 bits per heavy atom. The van der Waals surface area contributed by atoms with E-state index in [4.69, 9.17) is 15.8 Å². The van der Waals surface area contributed by atoms with Crippen LogP contribution in [0.25, 0.3) is 6.08 Å². The van der Waals surface area contributed by atoms with Gasteiger partial charge in [-0.1, -0.05) is 35.9 Å². The second-order valence-corrected chi connectivity index (χ2v) is 9.01. The number of hydrogen-bond acceptors (Lipinski definition) is 5. The molecule has 0 bridgehead atoms. The minimum absolute atomic E-state index is 0.0443. The molecule has 3 aromatic carbocycles. The van der Waals surface area contributed by atoms with Gasteiger partial charge in [0.2, 0.25) is 0 Å². The predicted octanol–water partition coefficient (Wildman–Crippen LogP) is 5.42. The molecule has 0 saturated heterocycles. The van der Waals surface area contributed by atoms with Crippen molar-refractivity contribution in [2.75, 3.05) is 5.32 Å². The molecule has 3 rings (SSSR count). The van der Waals surface area contributed by atoms with Crippen LogP contribution in [-0.4, -0.2) is 14.3 Å². The largest absolute Gasteiger partial charge is 0.378 e. The molecule has 0 unspecified atom stereocenters. The first kappa shape index (κ1) is 22.6. The molecule has 0 fully saturated rings. The topological polar surface area (TPSA) is 96.3 Å². The number of benzene rings is 3. The van der Waals surface area contributed by atoms with Gasteiger partial charge >= 0.3 is 10.1 Å². The molecule has 1 N–H and O–H groups in total. The third-order valence-corrected chi connectivity index (χ3v) is 6.09. The second kappa shape index (κ2) is 9.79. The van der Waals surface area contributed by atoms with Gasteiger partial charge in [0, 0.05) is 10.7 Å². The lowest BCUT2D eigenvalue weighted by atomic mass is 10.1. The first-order valence-corrected chi connectivity index (χ1v) is 11.3. The molecule has 0 aliphatic carbocycles. The van der Waals surface area contributed by atoms with E-state index in [0.29, 0.717) is 20.7 Å². The number of nitrogens with one attached hydrogen (secondary N) is 1. The van der Waals surface area contributed by atoms with Crippen molar-refractivity contribution in [3.63, 3.8) is 0 Å². The van der Waals surface area contributed by atoms with Crippen LogP contribution in [0.3, 0.4) is 0 Å². The number of nitrogens with zero attached hydrogens (tertiary/aromatic N) is 1. The zero-order chi connectivity index (χ0) is 22.4. The lowest BCUT2D eigenvalue weighted by molar-refractivity contribution is -0.112. The SMILES string of the molecule is N#C/C(=C\c1ccc(OS(=O)(=O)c2ccc(Cl)cc2)c(Br)c1)C(=O)Nc1ccccc1. The Morgan fingerprint density at radius 2 is 1.74 bits per heavy atom. The van der Waals surface area contributed by atoms with E-state index in [1.807, 2.05) is 12.1 Å². The molecule has 0 spiro atoms. The Labute approximate surface area is 193 Å². The summed E-state index contributed by atoms with van der Waals surface area (Å²) in [5, 5.41) is 12.4. The fourth-order valence-electron chi connectivity index (χ4n) is 2.48. The van der Waals surface area contributed by atoms with Crippen molar-refractivity contribution in [2.24, 2.45) is 0 Å². The van der Waals surface area contributed by atoms with Crippen molar-refractivity contribution in [3.05, 3.63) is 93.4 Å². The first-order chi connectivity index (χ1) is 14.8. The molecule has 0 heterocycles. The van der Waals surface area contributed by atoms with E-state index >= 15 is 0 Å². The minimum atomic E-state index is -4.06. The summed E-state index contributed by atoms with van der Waals surface area (Å²) in [4.78, 5) is 12.3. The summed E-state index contributed by atoms with van der Waals surface area (Å²) in [6.45, 7) is 0. The number of anilines is 1. The van der Waals surface area contributed by atoms with Crippen LogP contribution in [0.2, 0.25) is 5.02 Å². The van der Waals surface area contributed by atoms with Crippen molar-refractivity contribution >= 4 is 55.3 Å². The molecule has 0 saturated carbocycles. The number of hydrogen-bond donors (Lipinski definition) is 1. The van der Waals surface area contributed by atoms with Gasteiger partial charge in [0.1, 0.15) is 16.5 Å². The number of carbonyl (C=O) groups excluding carboxylic acids is 1. The molecule has 0 aliphatic rings. The van der Waals surface area contributed by atoms with Gasteiger partial charge in [-0.15, -0.1) is 0 Å². The van der Waals surface area contributed by atoms with Gasteiger partial charge < -0.3 is 9.50 Å². The van der Waals surface area contributed by atoms with Gasteiger partial charge in [0.25, 0.3) is 5.91 Å². The molecule has 9 heteroatoms. The highest BCUT2D eigenvalue weighted by atomic mass is 79.9. The Bertz CT molecular complexity index is 1290. The van der Waals surface area contributed by atoms with Gasteiger partial charge in [0.05, 0.1) is 4.47 Å². The number of halogens is 2. The van der Waals surface area contributed by atoms with E-state index in [1.165, 1.54) is 42.5 Å². The fraction of sp³-hybridized carbons (Fsp3) is 0. The number of carbonyl (C=O) groups is 1. The zero-order valence-electron chi connectivity index (χ0n) is 15.7. The van der Waals surface area contributed by atoms with E-state index in [1.54, 1.807) is 30.3 Å². The molecule has 156 valence electrons. The van der Waals surface area contributed by atoms with Crippen LogP contribution < -0.4 is 9.50 Å². The minimum Gasteiger partial charge on any atom is -0.378 e. The Morgan fingerprint density at radius 1 is 1.06 bits per heavy atom. The molecule has 0 atom stereocenters. The Balaban J connectivity index is 1.80. The summed E-state index contributed by atoms with van der Waals surface area (Å²) in [6, 6.07) is 20.7. The predicted molar refractivity (Wildman–Crippen MR) is 122 cm³/mol. The number of nitriles is 1. The summed E-state index contributed by atoms with van der Waals surface area (Å²) in [5.74, 6) is -0.505. The molecule has 3 aromatic rings. The molecule has 6 nitrogen and oxygen atoms in total. The highest BCUT2D eigenvalue weighted by molar-refractivity contribution is 9.10. The van der Waals surface area contributed by atoms with Crippen LogP contribution >= 0.6 is 27.5 Å². The van der Waals surface area contributed by atoms with Gasteiger partial charge in [-0.05, 0) is 76.1 Å². The van der Waals surface area contributed by atoms with Crippen molar-refractivity contribution in [2.45, 2.75) is 4.90 Å². The summed E-state index contributed by atoms with van der Waals surface area (Å²) in [7, 11) is -4.06. The van der Waals surface area contributed by atoms with Crippen molar-refractivity contribution in [1.82, 2.24) is 0 Å². The number of amides is 1. The maximum Gasteiger partial charge on any atom is 0.339 e. The van der Waals surface area contributed by atoms with E-state index in [2.05, 4.69) is 21.2 Å². The lowest BCUT2D eigenvalue weighted by Gasteiger charge is -2.09. The smallest absolute Gasteiger partial charge is 0.339 e. The van der Waals surface area contributed by atoms with Crippen LogP contribution in [0.15, 0.2) is 87.7 Å². The normalized spacial score (nSPS) is 11.5. The maximum atomic E-state index is 12.4. The molecule has 1 amide bonds. The Kier molecular flexibility index (Phi) is 7.13. The third-order valence-electron chi connectivity index (χ3n) is 3.97. The van der Waals surface area contributed by atoms with Crippen molar-refractivity contribution in [1.29, 1.82) is 5.26 Å². The first-order valence-electron chi connectivity index (χ1n) is 8.76. The summed E-state index contributed by atoms with van der Waals surface area (Å²) >= 11 is 9.05. The van der Waals surface area contributed by atoms with Gasteiger partial charge in [-0.25, -0.2) is 0 Å². The number of para-hydroxylation sites is 1. The zero-order valence-corrected chi connectivity index (χ0v) is 18.9. The van der Waals surface area contributed by atoms with Gasteiger partial charge in [-0.3, -0.25) is 4.79 Å². The lowest BCUT2D eigenvalue weighted by Crippen LogP contribution is -2.13. The van der Waals surface area contributed by atoms with Crippen LogP contribution in [0.5, 0.6) is 5.75 Å². The highest BCUT2D eigenvalue weighted by Gasteiger charge is 2.18. The van der Waals surface area contributed by atoms with Crippen molar-refractivity contribution in [3.8, 4) is 11.8 Å². The summed E-state index contributed by atoms with van der Waals surface area (Å²) < 4.78 is 30.4. The Hall–Kier alpha value is -3.12. The average molecular weight is 518 g/mol. The molecular formula is C22H14BrClN2O4S. The quantitative estimate of drug-likeness (QED) is 0.268. The fourth-order valence-corrected chi connectivity index (χ4v) is 4.14. The second-order valence-electron chi connectivity index (χ2n) is 6.17. The van der Waals surface area contributed by atoms with Crippen LogP contribution in [0, 0.1) is 11.3 Å². The molecule has 0 aliphatic heterocycles. The van der Waals surface area contributed by atoms with Crippen molar-refractivity contribution < 1.29 is 17.4 Å². The third kappa shape index (κ3) is 5.95. The van der Waals surface area contributed by atoms with Crippen LogP contribution in [-0.2, 0) is 14.9 Å². The molecule has 0 radical (unpaired) electrons. The highest BCUT2D eigenvalue weighted by Crippen LogP contribution is 2.30. The van der Waals surface area contributed by atoms with Crippen LogP contribution in [0.1, 0.15) is 5.56 Å². The van der Waals surface area contributed by atoms with Gasteiger partial charge in [0.15, 0.2) is 5.75 Å². The summed E-state index contributed by atoms with van der Waals surface area (Å²) in [5.41, 5.74) is 0.951. The summed E-state index contributed by atoms with van der Waals surface area (Å²) in [6.07, 6.45) is 1.39. The van der Waals surface area contributed by atoms with E-state index in [9.17, 15) is 18.5 Å². The molecular weight excluding hydrogens is 504 g/mol. The average Bonchev–Trinajstić information content (AvgIpc) is 2.74. The van der Waals surface area contributed by atoms with E-state index < -0.39 is 16.0 Å². The van der Waals surface area contributed by atoms with E-state index in [-0.39, 0.29) is 16.2 Å². The van der Waals surface area contributed by atoms with E-state index in [0.717, 1.165) is 0 Å². The molecule has 0 aromatic heterocycles. The number of rotatable bonds is 6. The van der Waals surface area contributed by atoms with Crippen LogP contribution in [0.4, 0.5) is 5.69 Å². The maximum absolute atomic E-state index is 12.4.